The summed E-state index contributed by atoms with van der Waals surface area (Å²) in [4.78, 5) is 2.91. The fourth-order valence-corrected chi connectivity index (χ4v) is 3.96. The molecule has 1 aromatic carbocycles. The number of alkyl halides is 3. The number of benzene rings is 1. The van der Waals surface area contributed by atoms with Crippen LogP contribution >= 0.6 is 32.6 Å². The summed E-state index contributed by atoms with van der Waals surface area (Å²) in [6, 6.07) is 3.74. The monoisotopic (exact) mass is 437 g/mol. The summed E-state index contributed by atoms with van der Waals surface area (Å²) in [6.45, 7) is 3.86. The second kappa shape index (κ2) is 9.65. The van der Waals surface area contributed by atoms with Gasteiger partial charge >= 0.3 is 15.6 Å². The first kappa shape index (κ1) is 22.8. The highest BCUT2D eigenvalue weighted by Gasteiger charge is 2.48. The Hall–Kier alpha value is -0.210. The first-order valence-electron chi connectivity index (χ1n) is 7.32. The van der Waals surface area contributed by atoms with E-state index in [1.165, 1.54) is 23.9 Å². The zero-order valence-electron chi connectivity index (χ0n) is 13.7. The third kappa shape index (κ3) is 6.79. The van der Waals surface area contributed by atoms with Crippen LogP contribution in [0.4, 0.5) is 13.2 Å². The maximum atomic E-state index is 12.3. The summed E-state index contributed by atoms with van der Waals surface area (Å²) in [5.41, 5.74) is -5.47. The lowest BCUT2D eigenvalue weighted by atomic mass is 10.1. The SMILES string of the molecule is CN1CCC(Sc2ccc(OS(=O)(=O)C(F)(F)F)cc2Cl)CC1.CP. The number of halogens is 4. The van der Waals surface area contributed by atoms with Gasteiger partial charge in [0.1, 0.15) is 5.75 Å². The third-order valence-corrected chi connectivity index (χ3v) is 6.17. The van der Waals surface area contributed by atoms with Crippen LogP contribution in [0.25, 0.3) is 0 Å². The molecule has 1 heterocycles. The van der Waals surface area contributed by atoms with Crippen LogP contribution in [-0.2, 0) is 10.1 Å². The van der Waals surface area contributed by atoms with Crippen molar-refractivity contribution in [3.05, 3.63) is 23.2 Å². The molecule has 0 saturated carbocycles. The van der Waals surface area contributed by atoms with Crippen LogP contribution in [0.2, 0.25) is 5.02 Å². The molecule has 0 aliphatic carbocycles. The van der Waals surface area contributed by atoms with Gasteiger partial charge in [-0.05, 0) is 45.1 Å². The predicted molar refractivity (Wildman–Crippen MR) is 99.1 cm³/mol. The van der Waals surface area contributed by atoms with E-state index in [-0.39, 0.29) is 5.02 Å². The Morgan fingerprint density at radius 1 is 1.28 bits per heavy atom. The molecule has 0 radical (unpaired) electrons. The van der Waals surface area contributed by atoms with Gasteiger partial charge in [-0.25, -0.2) is 0 Å². The molecule has 1 saturated heterocycles. The van der Waals surface area contributed by atoms with Gasteiger partial charge in [0.2, 0.25) is 0 Å². The Morgan fingerprint density at radius 2 is 1.84 bits per heavy atom. The van der Waals surface area contributed by atoms with E-state index in [9.17, 15) is 21.6 Å². The van der Waals surface area contributed by atoms with Crippen molar-refractivity contribution in [2.75, 3.05) is 26.8 Å². The second-order valence-electron chi connectivity index (χ2n) is 5.20. The highest BCUT2D eigenvalue weighted by Crippen LogP contribution is 2.37. The summed E-state index contributed by atoms with van der Waals surface area (Å²) >= 11 is 7.57. The Morgan fingerprint density at radius 3 is 2.32 bits per heavy atom. The quantitative estimate of drug-likeness (QED) is 0.400. The van der Waals surface area contributed by atoms with Crippen LogP contribution in [0.5, 0.6) is 5.75 Å². The van der Waals surface area contributed by atoms with Crippen molar-refractivity contribution in [1.29, 1.82) is 0 Å². The summed E-state index contributed by atoms with van der Waals surface area (Å²) in [5.74, 6) is -0.458. The van der Waals surface area contributed by atoms with E-state index in [0.29, 0.717) is 10.1 Å². The Balaban J connectivity index is 0.00000151. The zero-order valence-corrected chi connectivity index (χ0v) is 17.3. The molecule has 11 heteroatoms. The number of thioether (sulfide) groups is 1. The van der Waals surface area contributed by atoms with Crippen LogP contribution in [0.3, 0.4) is 0 Å². The fourth-order valence-electron chi connectivity index (χ4n) is 2.09. The number of piperidine rings is 1. The van der Waals surface area contributed by atoms with Crippen LogP contribution in [-0.4, -0.2) is 50.9 Å². The molecule has 2 rings (SSSR count). The molecule has 0 spiro atoms. The minimum Gasteiger partial charge on any atom is -0.376 e. The molecule has 25 heavy (non-hydrogen) atoms. The van der Waals surface area contributed by atoms with Crippen molar-refractivity contribution in [3.8, 4) is 5.75 Å². The highest BCUT2D eigenvalue weighted by atomic mass is 35.5. The molecular weight excluding hydrogens is 418 g/mol. The zero-order chi connectivity index (χ0) is 19.3. The molecule has 0 aromatic heterocycles. The third-order valence-electron chi connectivity index (χ3n) is 3.35. The normalized spacial score (nSPS) is 16.9. The van der Waals surface area contributed by atoms with Crippen LogP contribution in [0.15, 0.2) is 23.1 Å². The number of hydrogen-bond acceptors (Lipinski definition) is 5. The van der Waals surface area contributed by atoms with E-state index in [1.54, 1.807) is 0 Å². The van der Waals surface area contributed by atoms with Gasteiger partial charge in [-0.1, -0.05) is 18.3 Å². The lowest BCUT2D eigenvalue weighted by Crippen LogP contribution is -2.31. The van der Waals surface area contributed by atoms with Crippen molar-refractivity contribution in [2.45, 2.75) is 28.5 Å². The molecule has 1 aliphatic heterocycles. The largest absolute Gasteiger partial charge is 0.534 e. The lowest BCUT2D eigenvalue weighted by Gasteiger charge is -2.28. The Bertz CT molecular complexity index is 666. The van der Waals surface area contributed by atoms with E-state index < -0.39 is 21.4 Å². The summed E-state index contributed by atoms with van der Waals surface area (Å²) in [7, 11) is -1.23. The van der Waals surface area contributed by atoms with Gasteiger partial charge in [-0.15, -0.1) is 21.0 Å². The minimum absolute atomic E-state index is 0.170. The van der Waals surface area contributed by atoms with Crippen molar-refractivity contribution in [2.24, 2.45) is 0 Å². The van der Waals surface area contributed by atoms with Crippen LogP contribution in [0.1, 0.15) is 12.8 Å². The van der Waals surface area contributed by atoms with Gasteiger partial charge in [0.05, 0.1) is 5.02 Å². The number of nitrogens with zero attached hydrogens (tertiary/aromatic N) is 1. The van der Waals surface area contributed by atoms with E-state index in [1.807, 2.05) is 13.7 Å². The Kier molecular flexibility index (Phi) is 8.81. The molecular formula is C14H20ClF3NO3PS2. The summed E-state index contributed by atoms with van der Waals surface area (Å²) < 4.78 is 62.8. The van der Waals surface area contributed by atoms with E-state index in [2.05, 4.69) is 18.3 Å². The first-order valence-corrected chi connectivity index (χ1v) is 11.1. The molecule has 4 nitrogen and oxygen atoms in total. The number of rotatable bonds is 4. The topological polar surface area (TPSA) is 46.6 Å². The molecule has 144 valence electrons. The maximum absolute atomic E-state index is 12.3. The molecule has 1 aliphatic rings. The molecule has 0 N–H and O–H groups in total. The van der Waals surface area contributed by atoms with Crippen molar-refractivity contribution in [3.63, 3.8) is 0 Å². The molecule has 0 bridgehead atoms. The maximum Gasteiger partial charge on any atom is 0.534 e. The van der Waals surface area contributed by atoms with Gasteiger partial charge in [0, 0.05) is 16.2 Å². The highest BCUT2D eigenvalue weighted by molar-refractivity contribution is 8.00. The average Bonchev–Trinajstić information content (AvgIpc) is 2.52. The number of hydrogen-bond donors (Lipinski definition) is 0. The van der Waals surface area contributed by atoms with Gasteiger partial charge in [0.25, 0.3) is 0 Å². The molecule has 1 unspecified atom stereocenters. The van der Waals surface area contributed by atoms with Crippen LogP contribution < -0.4 is 4.18 Å². The van der Waals surface area contributed by atoms with E-state index in [4.69, 9.17) is 11.6 Å². The molecule has 1 aromatic rings. The smallest absolute Gasteiger partial charge is 0.376 e. The lowest BCUT2D eigenvalue weighted by molar-refractivity contribution is -0.0500. The predicted octanol–water partition coefficient (Wildman–Crippen LogP) is 4.25. The van der Waals surface area contributed by atoms with Crippen molar-refractivity contribution >= 4 is 42.7 Å². The standard InChI is InChI=1S/C13H15ClF3NO3S2.CH5P/c1-18-6-4-10(5-7-18)22-12-3-2-9(8-11(12)14)21-23(19,20)13(15,16)17;1-2/h2-3,8,10H,4-7H2,1H3;2H2,1H3. The summed E-state index contributed by atoms with van der Waals surface area (Å²) in [5, 5.41) is 0.540. The fraction of sp³-hybridized carbons (Fsp3) is 0.571. The van der Waals surface area contributed by atoms with E-state index in [0.717, 1.165) is 32.0 Å². The van der Waals surface area contributed by atoms with Crippen molar-refractivity contribution < 1.29 is 25.8 Å². The van der Waals surface area contributed by atoms with Crippen LogP contribution in [0, 0.1) is 0 Å². The average molecular weight is 438 g/mol. The first-order chi connectivity index (χ1) is 11.6. The molecule has 0 amide bonds. The van der Waals surface area contributed by atoms with Gasteiger partial charge in [-0.3, -0.25) is 0 Å². The number of likely N-dealkylation sites (tertiary alicyclic amines) is 1. The minimum atomic E-state index is -5.68. The van der Waals surface area contributed by atoms with Crippen molar-refractivity contribution in [1.82, 2.24) is 4.90 Å². The van der Waals surface area contributed by atoms with Gasteiger partial charge in [0.15, 0.2) is 0 Å². The van der Waals surface area contributed by atoms with E-state index >= 15 is 0 Å². The Labute approximate surface area is 157 Å². The van der Waals surface area contributed by atoms with Gasteiger partial charge < -0.3 is 9.08 Å². The summed E-state index contributed by atoms with van der Waals surface area (Å²) in [6.07, 6.45) is 1.97. The van der Waals surface area contributed by atoms with Gasteiger partial charge in [-0.2, -0.15) is 21.6 Å². The molecule has 1 atom stereocenters. The second-order valence-corrected chi connectivity index (χ2v) is 8.48. The molecule has 1 fully saturated rings.